The molecular weight excluding hydrogens is 924 g/mol. The maximum absolute atomic E-state index is 11.9. The fourth-order valence-corrected chi connectivity index (χ4v) is 9.35. The van der Waals surface area contributed by atoms with Gasteiger partial charge in [-0.15, -0.1) is 0 Å². The molecule has 24 heteroatoms. The van der Waals surface area contributed by atoms with Gasteiger partial charge in [-0.3, -0.25) is 4.79 Å². The number of rotatable bonds is 23. The van der Waals surface area contributed by atoms with Crippen LogP contribution in [-0.2, 0) is 56.9 Å². The average molecular weight is 1010 g/mol. The van der Waals surface area contributed by atoms with Gasteiger partial charge in [0.05, 0.1) is 44.2 Å². The topological polar surface area (TPSA) is 361 Å². The number of carbonyl (C=O) groups is 1. The molecule has 0 bridgehead atoms. The van der Waals surface area contributed by atoms with Gasteiger partial charge < -0.3 is 113 Å². The van der Waals surface area contributed by atoms with E-state index in [1.807, 2.05) is 6.92 Å². The molecular formula is C45H80O24. The van der Waals surface area contributed by atoms with Crippen LogP contribution < -0.4 is 0 Å². The third kappa shape index (κ3) is 14.7. The van der Waals surface area contributed by atoms with E-state index < -0.39 is 160 Å². The van der Waals surface area contributed by atoms with Crippen LogP contribution in [0.25, 0.3) is 0 Å². The molecule has 5 saturated heterocycles. The van der Waals surface area contributed by atoms with Crippen molar-refractivity contribution in [3.05, 3.63) is 0 Å². The Kier molecular flexibility index (Phi) is 23.1. The van der Waals surface area contributed by atoms with Gasteiger partial charge in [0, 0.05) is 6.42 Å². The Morgan fingerprint density at radius 1 is 0.449 bits per heavy atom. The fourth-order valence-electron chi connectivity index (χ4n) is 9.35. The molecule has 0 aromatic heterocycles. The molecule has 5 heterocycles. The molecule has 24 nitrogen and oxygen atoms in total. The summed E-state index contributed by atoms with van der Waals surface area (Å²) in [6, 6.07) is 0. The van der Waals surface area contributed by atoms with Gasteiger partial charge in [0.1, 0.15) is 97.7 Å². The lowest BCUT2D eigenvalue weighted by Crippen LogP contribution is -2.67. The number of aliphatic hydroxyl groups is 12. The van der Waals surface area contributed by atoms with Gasteiger partial charge in [0.15, 0.2) is 31.5 Å². The monoisotopic (exact) mass is 1000 g/mol. The largest absolute Gasteiger partial charge is 0.469 e. The summed E-state index contributed by atoms with van der Waals surface area (Å²) in [5, 5.41) is 130. The van der Waals surface area contributed by atoms with Crippen molar-refractivity contribution in [3.63, 3.8) is 0 Å². The minimum Gasteiger partial charge on any atom is -0.469 e. The quantitative estimate of drug-likeness (QED) is 0.0360. The molecule has 12 N–H and O–H groups in total. The highest BCUT2D eigenvalue weighted by Crippen LogP contribution is 2.37. The first kappa shape index (κ1) is 58.5. The summed E-state index contributed by atoms with van der Waals surface area (Å²) in [4.78, 5) is 11.3. The van der Waals surface area contributed by atoms with Crippen LogP contribution >= 0.6 is 0 Å². The molecule has 69 heavy (non-hydrogen) atoms. The Bertz CT molecular complexity index is 1500. The molecule has 26 atom stereocenters. The van der Waals surface area contributed by atoms with E-state index in [-0.39, 0.29) is 12.1 Å². The lowest BCUT2D eigenvalue weighted by Gasteiger charge is -2.50. The van der Waals surface area contributed by atoms with E-state index in [9.17, 15) is 66.1 Å². The van der Waals surface area contributed by atoms with Crippen molar-refractivity contribution in [1.82, 2.24) is 0 Å². The lowest BCUT2D eigenvalue weighted by atomic mass is 9.95. The number of hydrogen-bond acceptors (Lipinski definition) is 24. The molecule has 5 rings (SSSR count). The van der Waals surface area contributed by atoms with Crippen LogP contribution in [0.4, 0.5) is 0 Å². The van der Waals surface area contributed by atoms with Crippen LogP contribution in [0.3, 0.4) is 0 Å². The summed E-state index contributed by atoms with van der Waals surface area (Å²) in [5.41, 5.74) is 0. The zero-order chi connectivity index (χ0) is 50.9. The molecule has 0 amide bonds. The lowest BCUT2D eigenvalue weighted by molar-refractivity contribution is -0.400. The minimum absolute atomic E-state index is 0.208. The van der Waals surface area contributed by atoms with E-state index in [0.29, 0.717) is 19.3 Å². The molecule has 5 fully saturated rings. The fraction of sp³-hybridized carbons (Fsp3) is 0.978. The Labute approximate surface area is 402 Å². The van der Waals surface area contributed by atoms with Crippen LogP contribution in [0.15, 0.2) is 0 Å². The Hall–Kier alpha value is -1.41. The standard InChI is InChI=1S/C45H80O24/c1-7-15-23(16-13-11-9-8-10-12-14-17-25(47)59-6)64-45-40(31(53)27(49)20(3)61-45)69-42-35(57)32(54)37(21(4)62-42)66-44-36(58)39(68-43-34(56)30(52)28(50)24(18-46)65-43)38(22(5)63-44)67-41-33(55)29(51)26(48)19(2)60-41/h19-24,26-46,48-58H,7-18H2,1-6H3. The molecule has 0 saturated carbocycles. The van der Waals surface area contributed by atoms with Crippen molar-refractivity contribution in [3.8, 4) is 0 Å². The average Bonchev–Trinajstić information content (AvgIpc) is 3.32. The number of hydrogen-bond donors (Lipinski definition) is 12. The number of methoxy groups -OCH3 is 1. The summed E-state index contributed by atoms with van der Waals surface area (Å²) in [5.74, 6) is -0.208. The van der Waals surface area contributed by atoms with Gasteiger partial charge in [0.25, 0.3) is 0 Å². The van der Waals surface area contributed by atoms with E-state index in [4.69, 9.17) is 47.4 Å². The van der Waals surface area contributed by atoms with Crippen molar-refractivity contribution in [1.29, 1.82) is 0 Å². The molecule has 0 radical (unpaired) electrons. The Morgan fingerprint density at radius 3 is 1.48 bits per heavy atom. The number of esters is 1. The molecule has 0 aromatic rings. The van der Waals surface area contributed by atoms with Crippen LogP contribution in [0.5, 0.6) is 0 Å². The SMILES string of the molecule is CCCC(CCCCCCCCCC(=O)OC)OC1OC(C)C(O)C(O)C1OC1OC(C)C(OC2OC(C)C(OC3OC(C)C(O)C(O)C3O)C(OC3OC(CO)C(O)C(O)C3O)C2O)C(O)C1O. The summed E-state index contributed by atoms with van der Waals surface area (Å²) in [6.45, 7) is 7.08. The number of ether oxygens (including phenoxy) is 11. The second-order valence-corrected chi connectivity index (χ2v) is 19.0. The second-order valence-electron chi connectivity index (χ2n) is 19.0. The molecule has 0 aliphatic carbocycles. The molecule has 26 unspecified atom stereocenters. The van der Waals surface area contributed by atoms with Crippen LogP contribution in [0.2, 0.25) is 0 Å². The van der Waals surface area contributed by atoms with Crippen molar-refractivity contribution in [2.75, 3.05) is 13.7 Å². The maximum Gasteiger partial charge on any atom is 0.305 e. The van der Waals surface area contributed by atoms with Gasteiger partial charge in [-0.1, -0.05) is 51.9 Å². The molecule has 0 aromatic carbocycles. The van der Waals surface area contributed by atoms with Gasteiger partial charge in [0.2, 0.25) is 0 Å². The molecule has 0 spiro atoms. The van der Waals surface area contributed by atoms with Gasteiger partial charge in [-0.2, -0.15) is 0 Å². The summed E-state index contributed by atoms with van der Waals surface area (Å²) < 4.78 is 64.5. The van der Waals surface area contributed by atoms with Crippen molar-refractivity contribution in [2.24, 2.45) is 0 Å². The van der Waals surface area contributed by atoms with Crippen LogP contribution in [0.1, 0.15) is 105 Å². The third-order valence-corrected chi connectivity index (χ3v) is 13.7. The zero-order valence-electron chi connectivity index (χ0n) is 40.3. The molecule has 5 aliphatic heterocycles. The normalized spacial score (nSPS) is 45.8. The first-order valence-corrected chi connectivity index (χ1v) is 24.4. The maximum atomic E-state index is 11.9. The number of aliphatic hydroxyl groups excluding tert-OH is 12. The molecule has 404 valence electrons. The highest BCUT2D eigenvalue weighted by atomic mass is 16.8. The highest BCUT2D eigenvalue weighted by molar-refractivity contribution is 5.68. The number of carbonyl (C=O) groups excluding carboxylic acids is 1. The smallest absolute Gasteiger partial charge is 0.305 e. The van der Waals surface area contributed by atoms with Crippen molar-refractivity contribution in [2.45, 2.75) is 265 Å². The third-order valence-electron chi connectivity index (χ3n) is 13.7. The van der Waals surface area contributed by atoms with Gasteiger partial charge in [-0.25, -0.2) is 0 Å². The van der Waals surface area contributed by atoms with Crippen molar-refractivity contribution >= 4 is 5.97 Å². The van der Waals surface area contributed by atoms with Crippen LogP contribution in [0, 0.1) is 0 Å². The predicted octanol–water partition coefficient (Wildman–Crippen LogP) is -2.94. The first-order chi connectivity index (χ1) is 32.7. The highest BCUT2D eigenvalue weighted by Gasteiger charge is 2.56. The van der Waals surface area contributed by atoms with E-state index in [1.54, 1.807) is 6.92 Å². The second kappa shape index (κ2) is 27.2. The van der Waals surface area contributed by atoms with E-state index in [1.165, 1.54) is 27.9 Å². The molecule has 5 aliphatic rings. The van der Waals surface area contributed by atoms with E-state index in [0.717, 1.165) is 51.4 Å². The van der Waals surface area contributed by atoms with E-state index in [2.05, 4.69) is 4.74 Å². The van der Waals surface area contributed by atoms with Gasteiger partial charge >= 0.3 is 5.97 Å². The number of unbranched alkanes of at least 4 members (excludes halogenated alkanes) is 6. The van der Waals surface area contributed by atoms with Crippen molar-refractivity contribution < 1.29 is 118 Å². The Morgan fingerprint density at radius 2 is 0.884 bits per heavy atom. The summed E-state index contributed by atoms with van der Waals surface area (Å²) >= 11 is 0. The summed E-state index contributed by atoms with van der Waals surface area (Å²) in [6.07, 6.45) is -30.3. The van der Waals surface area contributed by atoms with Gasteiger partial charge in [-0.05, 0) is 47.0 Å². The first-order valence-electron chi connectivity index (χ1n) is 24.4. The van der Waals surface area contributed by atoms with Crippen LogP contribution in [-0.4, -0.2) is 241 Å². The minimum atomic E-state index is -1.95. The Balaban J connectivity index is 1.25. The summed E-state index contributed by atoms with van der Waals surface area (Å²) in [7, 11) is 1.38. The predicted molar refractivity (Wildman–Crippen MR) is 232 cm³/mol. The zero-order valence-corrected chi connectivity index (χ0v) is 40.3. The van der Waals surface area contributed by atoms with E-state index >= 15 is 0 Å².